The summed E-state index contributed by atoms with van der Waals surface area (Å²) in [6.07, 6.45) is 1.09. The van der Waals surface area contributed by atoms with Crippen LogP contribution in [0.2, 0.25) is 0 Å². The highest BCUT2D eigenvalue weighted by Crippen LogP contribution is 2.21. The predicted octanol–water partition coefficient (Wildman–Crippen LogP) is 2.15. The Morgan fingerprint density at radius 1 is 1.50 bits per heavy atom. The number of thiazole rings is 1. The number of nitrogens with zero attached hydrogens (tertiary/aromatic N) is 1. The van der Waals surface area contributed by atoms with E-state index in [0.717, 1.165) is 43.2 Å². The topological polar surface area (TPSA) is 46.2 Å². The van der Waals surface area contributed by atoms with E-state index < -0.39 is 0 Å². The number of ether oxygens (including phenoxy) is 1. The normalized spacial score (nSPS) is 21.1. The quantitative estimate of drug-likeness (QED) is 0.886. The number of morpholine rings is 1. The van der Waals surface area contributed by atoms with Crippen LogP contribution < -0.4 is 10.6 Å². The average Bonchev–Trinajstić information content (AvgIpc) is 2.89. The van der Waals surface area contributed by atoms with Crippen molar-refractivity contribution in [2.24, 2.45) is 0 Å². The minimum Gasteiger partial charge on any atom is -0.379 e. The fourth-order valence-corrected chi connectivity index (χ4v) is 3.46. The molecule has 2 N–H and O–H groups in total. The van der Waals surface area contributed by atoms with E-state index >= 15 is 0 Å². The minimum absolute atomic E-state index is 0.459. The van der Waals surface area contributed by atoms with Crippen molar-refractivity contribution in [2.45, 2.75) is 32.0 Å². The zero-order valence-electron chi connectivity index (χ0n) is 11.8. The summed E-state index contributed by atoms with van der Waals surface area (Å²) in [7, 11) is 0. The largest absolute Gasteiger partial charge is 0.379 e. The molecule has 1 aromatic carbocycles. The number of hydrogen-bond donors (Lipinski definition) is 2. The van der Waals surface area contributed by atoms with Crippen molar-refractivity contribution in [1.82, 2.24) is 15.6 Å². The molecule has 20 heavy (non-hydrogen) atoms. The van der Waals surface area contributed by atoms with Gasteiger partial charge in [-0.15, -0.1) is 11.3 Å². The lowest BCUT2D eigenvalue weighted by Gasteiger charge is -2.26. The van der Waals surface area contributed by atoms with E-state index in [1.165, 1.54) is 4.70 Å². The standard InChI is InChI=1S/C15H21N3OS/c1-11(8-12-10-19-7-6-16-12)17-9-15-18-13-4-2-3-5-14(13)20-15/h2-5,11-12,16-17H,6-10H2,1H3. The van der Waals surface area contributed by atoms with Gasteiger partial charge < -0.3 is 15.4 Å². The van der Waals surface area contributed by atoms with Gasteiger partial charge in [-0.1, -0.05) is 12.1 Å². The molecule has 1 aliphatic heterocycles. The van der Waals surface area contributed by atoms with E-state index in [2.05, 4.69) is 40.7 Å². The van der Waals surface area contributed by atoms with E-state index in [1.807, 2.05) is 6.07 Å². The van der Waals surface area contributed by atoms with Crippen LogP contribution in [0.5, 0.6) is 0 Å². The first-order valence-corrected chi connectivity index (χ1v) is 8.02. The lowest BCUT2D eigenvalue weighted by Crippen LogP contribution is -2.44. The molecule has 4 nitrogen and oxygen atoms in total. The zero-order chi connectivity index (χ0) is 13.8. The highest BCUT2D eigenvalue weighted by Gasteiger charge is 2.16. The van der Waals surface area contributed by atoms with Gasteiger partial charge in [-0.05, 0) is 25.5 Å². The van der Waals surface area contributed by atoms with E-state index in [1.54, 1.807) is 11.3 Å². The first-order chi connectivity index (χ1) is 9.81. The second kappa shape index (κ2) is 6.63. The van der Waals surface area contributed by atoms with Crippen molar-refractivity contribution in [3.05, 3.63) is 29.3 Å². The van der Waals surface area contributed by atoms with Crippen LogP contribution in [-0.4, -0.2) is 36.8 Å². The maximum absolute atomic E-state index is 5.49. The van der Waals surface area contributed by atoms with Crippen molar-refractivity contribution in [2.75, 3.05) is 19.8 Å². The second-order valence-electron chi connectivity index (χ2n) is 5.32. The van der Waals surface area contributed by atoms with E-state index in [-0.39, 0.29) is 0 Å². The van der Waals surface area contributed by atoms with Crippen molar-refractivity contribution < 1.29 is 4.74 Å². The van der Waals surface area contributed by atoms with Crippen LogP contribution in [0.1, 0.15) is 18.4 Å². The van der Waals surface area contributed by atoms with Gasteiger partial charge in [0.25, 0.3) is 0 Å². The smallest absolute Gasteiger partial charge is 0.108 e. The molecule has 2 atom stereocenters. The highest BCUT2D eigenvalue weighted by atomic mass is 32.1. The third-order valence-electron chi connectivity index (χ3n) is 3.58. The highest BCUT2D eigenvalue weighted by molar-refractivity contribution is 7.18. The van der Waals surface area contributed by atoms with Crippen LogP contribution in [0.3, 0.4) is 0 Å². The monoisotopic (exact) mass is 291 g/mol. The Bertz CT molecular complexity index is 518. The molecule has 2 aromatic rings. The van der Waals surface area contributed by atoms with E-state index in [0.29, 0.717) is 12.1 Å². The molecule has 2 unspecified atom stereocenters. The van der Waals surface area contributed by atoms with Gasteiger partial charge in [0.15, 0.2) is 0 Å². The summed E-state index contributed by atoms with van der Waals surface area (Å²) in [5, 5.41) is 8.21. The molecule has 1 saturated heterocycles. The Morgan fingerprint density at radius 2 is 2.40 bits per heavy atom. The van der Waals surface area contributed by atoms with Crippen LogP contribution in [0.25, 0.3) is 10.2 Å². The van der Waals surface area contributed by atoms with Gasteiger partial charge in [-0.25, -0.2) is 4.98 Å². The predicted molar refractivity (Wildman–Crippen MR) is 83.1 cm³/mol. The lowest BCUT2D eigenvalue weighted by atomic mass is 10.1. The summed E-state index contributed by atoms with van der Waals surface area (Å²) in [6.45, 7) is 5.70. The lowest BCUT2D eigenvalue weighted by molar-refractivity contribution is 0.0712. The molecule has 0 aliphatic carbocycles. The van der Waals surface area contributed by atoms with Gasteiger partial charge in [0.2, 0.25) is 0 Å². The second-order valence-corrected chi connectivity index (χ2v) is 6.43. The fourth-order valence-electron chi connectivity index (χ4n) is 2.54. The Morgan fingerprint density at radius 3 is 3.20 bits per heavy atom. The van der Waals surface area contributed by atoms with Crippen LogP contribution in [-0.2, 0) is 11.3 Å². The van der Waals surface area contributed by atoms with Crippen LogP contribution in [0.4, 0.5) is 0 Å². The summed E-state index contributed by atoms with van der Waals surface area (Å²) in [4.78, 5) is 4.65. The molecular formula is C15H21N3OS. The molecule has 5 heteroatoms. The van der Waals surface area contributed by atoms with Gasteiger partial charge in [-0.2, -0.15) is 0 Å². The average molecular weight is 291 g/mol. The number of benzene rings is 1. The fraction of sp³-hybridized carbons (Fsp3) is 0.533. The van der Waals surface area contributed by atoms with Crippen molar-refractivity contribution in [3.8, 4) is 0 Å². The molecule has 0 saturated carbocycles. The summed E-state index contributed by atoms with van der Waals surface area (Å²) in [5.74, 6) is 0. The maximum atomic E-state index is 5.49. The van der Waals surface area contributed by atoms with Crippen molar-refractivity contribution in [3.63, 3.8) is 0 Å². The SMILES string of the molecule is CC(CC1COCCN1)NCc1nc2ccccc2s1. The number of rotatable bonds is 5. The van der Waals surface area contributed by atoms with E-state index in [4.69, 9.17) is 4.74 Å². The maximum Gasteiger partial charge on any atom is 0.108 e. The summed E-state index contributed by atoms with van der Waals surface area (Å²) >= 11 is 1.77. The first-order valence-electron chi connectivity index (χ1n) is 7.20. The molecule has 0 amide bonds. The number of nitrogens with one attached hydrogen (secondary N) is 2. The third-order valence-corrected chi connectivity index (χ3v) is 4.61. The zero-order valence-corrected chi connectivity index (χ0v) is 12.6. The molecule has 1 aliphatic rings. The van der Waals surface area contributed by atoms with Gasteiger partial charge in [0.05, 0.1) is 23.4 Å². The summed E-state index contributed by atoms with van der Waals surface area (Å²) in [5.41, 5.74) is 1.10. The molecule has 0 radical (unpaired) electrons. The van der Waals surface area contributed by atoms with Crippen LogP contribution >= 0.6 is 11.3 Å². The van der Waals surface area contributed by atoms with Crippen LogP contribution in [0, 0.1) is 0 Å². The summed E-state index contributed by atoms with van der Waals surface area (Å²) in [6, 6.07) is 9.24. The molecule has 108 valence electrons. The molecule has 0 bridgehead atoms. The van der Waals surface area contributed by atoms with E-state index in [9.17, 15) is 0 Å². The summed E-state index contributed by atoms with van der Waals surface area (Å²) < 4.78 is 6.75. The molecule has 3 rings (SSSR count). The number of aromatic nitrogens is 1. The van der Waals surface area contributed by atoms with Gasteiger partial charge in [-0.3, -0.25) is 0 Å². The Balaban J connectivity index is 1.50. The van der Waals surface area contributed by atoms with Crippen molar-refractivity contribution >= 4 is 21.6 Å². The van der Waals surface area contributed by atoms with Gasteiger partial charge >= 0.3 is 0 Å². The molecule has 1 aromatic heterocycles. The Hall–Kier alpha value is -1.01. The third kappa shape index (κ3) is 3.55. The van der Waals surface area contributed by atoms with Gasteiger partial charge in [0.1, 0.15) is 5.01 Å². The number of fused-ring (bicyclic) bond motifs is 1. The number of hydrogen-bond acceptors (Lipinski definition) is 5. The van der Waals surface area contributed by atoms with Gasteiger partial charge in [0, 0.05) is 25.2 Å². The number of para-hydroxylation sites is 1. The minimum atomic E-state index is 0.459. The Labute approximate surface area is 123 Å². The van der Waals surface area contributed by atoms with Crippen LogP contribution in [0.15, 0.2) is 24.3 Å². The molecule has 0 spiro atoms. The molecule has 1 fully saturated rings. The Kier molecular flexibility index (Phi) is 4.62. The first kappa shape index (κ1) is 13.9. The van der Waals surface area contributed by atoms with Crippen molar-refractivity contribution in [1.29, 1.82) is 0 Å². The molecular weight excluding hydrogens is 270 g/mol. The molecule has 2 heterocycles.